The Kier molecular flexibility index (Phi) is 4.36. The number of nitrogens with zero attached hydrogens (tertiary/aromatic N) is 3. The van der Waals surface area contributed by atoms with E-state index in [2.05, 4.69) is 10.2 Å². The first-order valence-corrected chi connectivity index (χ1v) is 6.97. The average Bonchev–Trinajstić information content (AvgIpc) is 2.85. The van der Waals surface area contributed by atoms with E-state index >= 15 is 0 Å². The lowest BCUT2D eigenvalue weighted by molar-refractivity contribution is 0.322. The Morgan fingerprint density at radius 1 is 1.29 bits per heavy atom. The molecule has 1 aromatic carbocycles. The summed E-state index contributed by atoms with van der Waals surface area (Å²) >= 11 is 3.05. The van der Waals surface area contributed by atoms with Gasteiger partial charge in [0.25, 0.3) is 0 Å². The second kappa shape index (κ2) is 6.00. The molecule has 0 aliphatic rings. The number of anilines is 2. The van der Waals surface area contributed by atoms with E-state index in [-0.39, 0.29) is 6.61 Å². The third kappa shape index (κ3) is 3.18. The molecule has 0 saturated heterocycles. The zero-order valence-electron chi connectivity index (χ0n) is 9.41. The molecule has 0 radical (unpaired) electrons. The molecule has 2 aromatic rings. The van der Waals surface area contributed by atoms with E-state index in [1.807, 2.05) is 42.3 Å². The van der Waals surface area contributed by atoms with Gasteiger partial charge in [-0.2, -0.15) is 0 Å². The Morgan fingerprint density at radius 3 is 2.76 bits per heavy atom. The number of rotatable bonds is 5. The zero-order valence-corrected chi connectivity index (χ0v) is 11.0. The minimum absolute atomic E-state index is 0.161. The summed E-state index contributed by atoms with van der Waals surface area (Å²) in [5.41, 5.74) is 1.09. The van der Waals surface area contributed by atoms with Crippen LogP contribution in [-0.2, 0) is 0 Å². The summed E-state index contributed by atoms with van der Waals surface area (Å²) in [6.07, 6.45) is 0. The van der Waals surface area contributed by atoms with E-state index < -0.39 is 0 Å². The highest BCUT2D eigenvalue weighted by Gasteiger charge is 2.10. The number of hydrogen-bond donors (Lipinski definition) is 1. The van der Waals surface area contributed by atoms with Gasteiger partial charge in [0.05, 0.1) is 6.61 Å². The van der Waals surface area contributed by atoms with Crippen molar-refractivity contribution in [3.8, 4) is 0 Å². The second-order valence-electron chi connectivity index (χ2n) is 3.32. The topological polar surface area (TPSA) is 49.2 Å². The van der Waals surface area contributed by atoms with Gasteiger partial charge in [0, 0.05) is 18.5 Å². The van der Waals surface area contributed by atoms with Gasteiger partial charge in [-0.25, -0.2) is 0 Å². The Hall–Kier alpha value is -1.11. The number of para-hydroxylation sites is 1. The van der Waals surface area contributed by atoms with Crippen LogP contribution in [0.4, 0.5) is 10.8 Å². The van der Waals surface area contributed by atoms with Crippen LogP contribution in [-0.4, -0.2) is 34.7 Å². The van der Waals surface area contributed by atoms with Crippen molar-refractivity contribution in [2.24, 2.45) is 0 Å². The molecular weight excluding hydrogens is 254 g/mol. The lowest BCUT2D eigenvalue weighted by Gasteiger charge is -2.14. The molecule has 0 spiro atoms. The molecule has 0 bridgehead atoms. The zero-order chi connectivity index (χ0) is 12.1. The monoisotopic (exact) mass is 267 g/mol. The van der Waals surface area contributed by atoms with Gasteiger partial charge >= 0.3 is 0 Å². The maximum Gasteiger partial charge on any atom is 0.213 e. The van der Waals surface area contributed by atoms with Crippen molar-refractivity contribution < 1.29 is 5.11 Å². The molecule has 0 unspecified atom stereocenters. The molecule has 1 N–H and O–H groups in total. The first-order valence-electron chi connectivity index (χ1n) is 5.17. The van der Waals surface area contributed by atoms with Gasteiger partial charge in [-0.1, -0.05) is 41.3 Å². The van der Waals surface area contributed by atoms with Gasteiger partial charge in [0.15, 0.2) is 4.34 Å². The van der Waals surface area contributed by atoms with Crippen molar-refractivity contribution >= 4 is 33.9 Å². The Morgan fingerprint density at radius 2 is 2.06 bits per heavy atom. The van der Waals surface area contributed by atoms with E-state index in [9.17, 15) is 0 Å². The predicted octanol–water partition coefficient (Wildman–Crippen LogP) is 2.39. The molecule has 1 heterocycles. The summed E-state index contributed by atoms with van der Waals surface area (Å²) in [6, 6.07) is 10.0. The Bertz CT molecular complexity index is 461. The Balaban J connectivity index is 2.09. The first-order chi connectivity index (χ1) is 8.31. The predicted molar refractivity (Wildman–Crippen MR) is 72.2 cm³/mol. The van der Waals surface area contributed by atoms with Crippen molar-refractivity contribution in [1.29, 1.82) is 0 Å². The lowest BCUT2D eigenvalue weighted by Crippen LogP contribution is -2.08. The lowest BCUT2D eigenvalue weighted by atomic mass is 10.3. The van der Waals surface area contributed by atoms with Crippen LogP contribution in [0.3, 0.4) is 0 Å². The highest BCUT2D eigenvalue weighted by atomic mass is 32.2. The highest BCUT2D eigenvalue weighted by molar-refractivity contribution is 8.01. The van der Waals surface area contributed by atoms with Crippen LogP contribution in [0, 0.1) is 0 Å². The smallest absolute Gasteiger partial charge is 0.213 e. The fourth-order valence-corrected chi connectivity index (χ4v) is 2.93. The van der Waals surface area contributed by atoms with Gasteiger partial charge in [0.1, 0.15) is 0 Å². The number of hydrogen-bond acceptors (Lipinski definition) is 6. The summed E-state index contributed by atoms with van der Waals surface area (Å²) in [5.74, 6) is 0.656. The van der Waals surface area contributed by atoms with Crippen LogP contribution in [0.5, 0.6) is 0 Å². The molecule has 0 aliphatic heterocycles. The maximum absolute atomic E-state index is 8.75. The van der Waals surface area contributed by atoms with Gasteiger partial charge in [-0.3, -0.25) is 0 Å². The van der Waals surface area contributed by atoms with Gasteiger partial charge in [0.2, 0.25) is 5.13 Å². The minimum Gasteiger partial charge on any atom is -0.396 e. The summed E-state index contributed by atoms with van der Waals surface area (Å²) in [6.45, 7) is 0.161. The fraction of sp³-hybridized carbons (Fsp3) is 0.273. The quantitative estimate of drug-likeness (QED) is 0.843. The molecule has 0 saturated carbocycles. The van der Waals surface area contributed by atoms with Crippen LogP contribution in [0.1, 0.15) is 0 Å². The molecule has 0 atom stereocenters. The van der Waals surface area contributed by atoms with Gasteiger partial charge < -0.3 is 10.0 Å². The van der Waals surface area contributed by atoms with Gasteiger partial charge in [-0.15, -0.1) is 10.2 Å². The number of aliphatic hydroxyl groups excluding tert-OH is 1. The molecule has 1 aromatic heterocycles. The number of aromatic nitrogens is 2. The number of thioether (sulfide) groups is 1. The van der Waals surface area contributed by atoms with E-state index in [0.29, 0.717) is 5.75 Å². The molecule has 0 fully saturated rings. The standard InChI is InChI=1S/C11H13N3OS2/c1-14(9-5-3-2-4-6-9)10-12-13-11(17-10)16-8-7-15/h2-6,15H,7-8H2,1H3. The molecule has 6 heteroatoms. The largest absolute Gasteiger partial charge is 0.396 e. The normalized spacial score (nSPS) is 10.5. The van der Waals surface area contributed by atoms with Crippen molar-refractivity contribution in [2.75, 3.05) is 24.3 Å². The first kappa shape index (κ1) is 12.3. The fourth-order valence-electron chi connectivity index (χ4n) is 1.29. The van der Waals surface area contributed by atoms with Crippen molar-refractivity contribution in [1.82, 2.24) is 10.2 Å². The molecule has 2 rings (SSSR count). The molecular formula is C11H13N3OS2. The van der Waals surface area contributed by atoms with Crippen molar-refractivity contribution in [3.05, 3.63) is 30.3 Å². The SMILES string of the molecule is CN(c1ccccc1)c1nnc(SCCO)s1. The van der Waals surface area contributed by atoms with Gasteiger partial charge in [-0.05, 0) is 12.1 Å². The van der Waals surface area contributed by atoms with E-state index in [1.54, 1.807) is 0 Å². The third-order valence-electron chi connectivity index (χ3n) is 2.14. The molecule has 90 valence electrons. The van der Waals surface area contributed by atoms with E-state index in [0.717, 1.165) is 15.2 Å². The molecule has 0 amide bonds. The minimum atomic E-state index is 0.161. The van der Waals surface area contributed by atoms with Crippen LogP contribution in [0.2, 0.25) is 0 Å². The van der Waals surface area contributed by atoms with Crippen molar-refractivity contribution in [2.45, 2.75) is 4.34 Å². The number of aliphatic hydroxyl groups is 1. The third-order valence-corrected chi connectivity index (χ3v) is 4.26. The number of benzene rings is 1. The summed E-state index contributed by atoms with van der Waals surface area (Å²) in [4.78, 5) is 2.00. The second-order valence-corrected chi connectivity index (χ2v) is 5.62. The van der Waals surface area contributed by atoms with Crippen LogP contribution >= 0.6 is 23.1 Å². The van der Waals surface area contributed by atoms with Crippen LogP contribution < -0.4 is 4.90 Å². The summed E-state index contributed by atoms with van der Waals surface area (Å²) in [7, 11) is 1.97. The van der Waals surface area contributed by atoms with Crippen LogP contribution in [0.15, 0.2) is 34.7 Å². The van der Waals surface area contributed by atoms with E-state index in [4.69, 9.17) is 5.11 Å². The van der Waals surface area contributed by atoms with E-state index in [1.165, 1.54) is 23.1 Å². The van der Waals surface area contributed by atoms with Crippen molar-refractivity contribution in [3.63, 3.8) is 0 Å². The maximum atomic E-state index is 8.75. The summed E-state index contributed by atoms with van der Waals surface area (Å²) < 4.78 is 0.886. The Labute approximate surface area is 108 Å². The summed E-state index contributed by atoms with van der Waals surface area (Å²) in [5, 5.41) is 17.8. The molecule has 0 aliphatic carbocycles. The highest BCUT2D eigenvalue weighted by Crippen LogP contribution is 2.30. The molecule has 4 nitrogen and oxygen atoms in total. The molecule has 17 heavy (non-hydrogen) atoms. The van der Waals surface area contributed by atoms with Crippen LogP contribution in [0.25, 0.3) is 0 Å². The average molecular weight is 267 g/mol.